The Morgan fingerprint density at radius 1 is 1.20 bits per heavy atom. The van der Waals surface area contributed by atoms with Crippen LogP contribution in [-0.2, 0) is 11.8 Å². The van der Waals surface area contributed by atoms with Gasteiger partial charge in [-0.1, -0.05) is 0 Å². The molecule has 0 fully saturated rings. The van der Waals surface area contributed by atoms with Crippen LogP contribution in [0, 0.1) is 0 Å². The first-order valence-electron chi connectivity index (χ1n) is 0.894. The molecule has 2 radical (unpaired) electrons. The molecule has 0 aromatic rings. The van der Waals surface area contributed by atoms with E-state index in [1.807, 2.05) is 0 Å². The maximum Gasteiger partial charge on any atom is 0.0949 e. The fraction of sp³-hybridized carbons (Fsp3) is 1.00. The van der Waals surface area contributed by atoms with Crippen LogP contribution in [0.4, 0.5) is 0 Å². The molecule has 0 rings (SSSR count). The van der Waals surface area contributed by atoms with Gasteiger partial charge in [0.25, 0.3) is 0 Å². The van der Waals surface area contributed by atoms with Crippen LogP contribution >= 0.6 is 0 Å². The Kier molecular flexibility index (Phi) is 64.7. The Hall–Kier alpha value is 1.08. The SMILES string of the molecule is C[SH+]C.[Mg].[OH-]. The van der Waals surface area contributed by atoms with Crippen LogP contribution < -0.4 is 0 Å². The second-order valence-corrected chi connectivity index (χ2v) is 1.34. The number of hydrogen-bond acceptors (Lipinski definition) is 1. The van der Waals surface area contributed by atoms with Gasteiger partial charge in [0.05, 0.1) is 12.5 Å². The zero-order valence-corrected chi connectivity index (χ0v) is 5.91. The molecular formula is C2H8MgOS. The van der Waals surface area contributed by atoms with Gasteiger partial charge in [0.1, 0.15) is 0 Å². The average molecular weight is 104 g/mol. The summed E-state index contributed by atoms with van der Waals surface area (Å²) in [4.78, 5) is 0. The predicted octanol–water partition coefficient (Wildman–Crippen LogP) is -0.497. The van der Waals surface area contributed by atoms with E-state index in [-0.39, 0.29) is 28.5 Å². The van der Waals surface area contributed by atoms with Crippen molar-refractivity contribution >= 4 is 34.8 Å². The standard InChI is InChI=1S/C2H6S.Mg.H2O/c1-3-2;;/h1-2H3;;1H2. The lowest BCUT2D eigenvalue weighted by atomic mass is 11.9. The van der Waals surface area contributed by atoms with E-state index < -0.39 is 0 Å². The van der Waals surface area contributed by atoms with Gasteiger partial charge in [0.2, 0.25) is 0 Å². The number of rotatable bonds is 0. The zero-order chi connectivity index (χ0) is 2.71. The minimum Gasteiger partial charge on any atom is -0.870 e. The van der Waals surface area contributed by atoms with Gasteiger partial charge in [-0.05, 0) is 11.8 Å². The maximum absolute atomic E-state index is 2.10. The minimum absolute atomic E-state index is 0. The molecule has 0 atom stereocenters. The Labute approximate surface area is 53.0 Å². The van der Waals surface area contributed by atoms with Crippen molar-refractivity contribution in [3.8, 4) is 0 Å². The molecule has 30 valence electrons. The van der Waals surface area contributed by atoms with E-state index in [1.54, 1.807) is 0 Å². The van der Waals surface area contributed by atoms with Crippen molar-refractivity contribution < 1.29 is 5.48 Å². The highest BCUT2D eigenvalue weighted by atomic mass is 32.2. The normalized spacial score (nSPS) is 3.60. The number of thiol groups is 1. The largest absolute Gasteiger partial charge is 0.870 e. The van der Waals surface area contributed by atoms with E-state index >= 15 is 0 Å². The molecule has 0 heterocycles. The van der Waals surface area contributed by atoms with Crippen LogP contribution in [0.15, 0.2) is 0 Å². The molecule has 0 aliphatic heterocycles. The Balaban J connectivity index is -0.0000000200. The van der Waals surface area contributed by atoms with Crippen molar-refractivity contribution in [2.75, 3.05) is 12.5 Å². The molecule has 0 aliphatic carbocycles. The molecule has 0 aliphatic rings. The Morgan fingerprint density at radius 3 is 1.20 bits per heavy atom. The molecule has 0 saturated carbocycles. The summed E-state index contributed by atoms with van der Waals surface area (Å²) in [5.74, 6) is 0. The van der Waals surface area contributed by atoms with Crippen molar-refractivity contribution in [3.63, 3.8) is 0 Å². The molecule has 1 nitrogen and oxygen atoms in total. The fourth-order valence-corrected chi connectivity index (χ4v) is 0. The first kappa shape index (κ1) is 16.5. The third-order valence-electron chi connectivity index (χ3n) is 0. The van der Waals surface area contributed by atoms with Crippen molar-refractivity contribution in [1.82, 2.24) is 0 Å². The van der Waals surface area contributed by atoms with Gasteiger partial charge in [0.15, 0.2) is 0 Å². The maximum atomic E-state index is 2.10. The third kappa shape index (κ3) is 41.5. The lowest BCUT2D eigenvalue weighted by Crippen LogP contribution is -1.52. The Bertz CT molecular complexity index is 9.61. The van der Waals surface area contributed by atoms with Gasteiger partial charge < -0.3 is 5.48 Å². The molecule has 0 aromatic carbocycles. The molecular weight excluding hydrogens is 96.4 g/mol. The highest BCUT2D eigenvalue weighted by molar-refractivity contribution is 7.76. The predicted molar refractivity (Wildman–Crippen MR) is 28.3 cm³/mol. The van der Waals surface area contributed by atoms with Gasteiger partial charge in [-0.3, -0.25) is 0 Å². The smallest absolute Gasteiger partial charge is 0.0949 e. The van der Waals surface area contributed by atoms with Crippen molar-refractivity contribution in [2.24, 2.45) is 0 Å². The summed E-state index contributed by atoms with van der Waals surface area (Å²) < 4.78 is 0. The molecule has 3 heteroatoms. The van der Waals surface area contributed by atoms with E-state index in [9.17, 15) is 0 Å². The van der Waals surface area contributed by atoms with Gasteiger partial charge in [-0.15, -0.1) is 0 Å². The summed E-state index contributed by atoms with van der Waals surface area (Å²) in [5.41, 5.74) is 0. The van der Waals surface area contributed by atoms with Gasteiger partial charge in [-0.2, -0.15) is 0 Å². The zero-order valence-electron chi connectivity index (χ0n) is 3.60. The van der Waals surface area contributed by atoms with Crippen LogP contribution in [0.1, 0.15) is 0 Å². The summed E-state index contributed by atoms with van der Waals surface area (Å²) in [6.45, 7) is 0. The van der Waals surface area contributed by atoms with Crippen LogP contribution in [0.25, 0.3) is 0 Å². The van der Waals surface area contributed by atoms with E-state index in [4.69, 9.17) is 0 Å². The monoisotopic (exact) mass is 104 g/mol. The highest BCUT2D eigenvalue weighted by Gasteiger charge is 1.45. The Morgan fingerprint density at radius 2 is 1.20 bits per heavy atom. The molecule has 0 bridgehead atoms. The van der Waals surface area contributed by atoms with Crippen molar-refractivity contribution in [1.29, 1.82) is 0 Å². The summed E-state index contributed by atoms with van der Waals surface area (Å²) in [5, 5.41) is 0. The summed E-state index contributed by atoms with van der Waals surface area (Å²) in [6, 6.07) is 0. The lowest BCUT2D eigenvalue weighted by Gasteiger charge is -1.38. The van der Waals surface area contributed by atoms with E-state index in [0.717, 1.165) is 0 Å². The second kappa shape index (κ2) is 19.6. The fourth-order valence-electron chi connectivity index (χ4n) is 0. The van der Waals surface area contributed by atoms with Crippen LogP contribution in [-0.4, -0.2) is 41.0 Å². The molecule has 0 unspecified atom stereocenters. The summed E-state index contributed by atoms with van der Waals surface area (Å²) in [7, 11) is 0. The molecule has 1 N–H and O–H groups in total. The van der Waals surface area contributed by atoms with Crippen molar-refractivity contribution in [2.45, 2.75) is 0 Å². The minimum atomic E-state index is 0. The van der Waals surface area contributed by atoms with Crippen molar-refractivity contribution in [3.05, 3.63) is 0 Å². The van der Waals surface area contributed by atoms with Gasteiger partial charge >= 0.3 is 0 Å². The molecule has 0 amide bonds. The second-order valence-electron chi connectivity index (χ2n) is 0.447. The topological polar surface area (TPSA) is 30.0 Å². The third-order valence-corrected chi connectivity index (χ3v) is 0. The van der Waals surface area contributed by atoms with Crippen LogP contribution in [0.5, 0.6) is 0 Å². The molecule has 0 spiro atoms. The molecule has 5 heavy (non-hydrogen) atoms. The van der Waals surface area contributed by atoms with E-state index in [2.05, 4.69) is 12.5 Å². The first-order valence-corrected chi connectivity index (χ1v) is 2.68. The number of hydrogen-bond donors (Lipinski definition) is 0. The quantitative estimate of drug-likeness (QED) is 0.232. The van der Waals surface area contributed by atoms with Gasteiger partial charge in [0, 0.05) is 23.1 Å². The van der Waals surface area contributed by atoms with Crippen LogP contribution in [0.2, 0.25) is 0 Å². The lowest BCUT2D eigenvalue weighted by molar-refractivity contribution is 0.824. The van der Waals surface area contributed by atoms with E-state index in [0.29, 0.717) is 0 Å². The summed E-state index contributed by atoms with van der Waals surface area (Å²) >= 11 is 1.42. The van der Waals surface area contributed by atoms with E-state index in [1.165, 1.54) is 11.8 Å². The summed E-state index contributed by atoms with van der Waals surface area (Å²) in [6.07, 6.45) is 4.19. The molecule has 0 saturated heterocycles. The highest BCUT2D eigenvalue weighted by Crippen LogP contribution is 1.32. The first-order chi connectivity index (χ1) is 1.41. The molecule has 0 aromatic heterocycles. The van der Waals surface area contributed by atoms with Crippen LogP contribution in [0.3, 0.4) is 0 Å². The van der Waals surface area contributed by atoms with Gasteiger partial charge in [-0.25, -0.2) is 0 Å². The average Bonchev–Trinajstić information content (AvgIpc) is 0.918.